The van der Waals surface area contributed by atoms with Gasteiger partial charge in [-0.3, -0.25) is 0 Å². The summed E-state index contributed by atoms with van der Waals surface area (Å²) in [6, 6.07) is 2.10. The molecule has 0 radical (unpaired) electrons. The van der Waals surface area contributed by atoms with Crippen LogP contribution in [0.3, 0.4) is 0 Å². The fourth-order valence-electron chi connectivity index (χ4n) is 5.24. The molecular formula is C24H33F3. The Morgan fingerprint density at radius 3 is 1.85 bits per heavy atom. The molecule has 0 heterocycles. The van der Waals surface area contributed by atoms with Crippen LogP contribution >= 0.6 is 0 Å². The van der Waals surface area contributed by atoms with Crippen molar-refractivity contribution in [2.45, 2.75) is 77.6 Å². The quantitative estimate of drug-likeness (QED) is 0.441. The Kier molecular flexibility index (Phi) is 7.43. The molecule has 0 aliphatic heterocycles. The third kappa shape index (κ3) is 5.62. The first-order chi connectivity index (χ1) is 13.1. The minimum Gasteiger partial charge on any atom is -0.204 e. The van der Waals surface area contributed by atoms with Crippen molar-refractivity contribution >= 4 is 6.08 Å². The molecule has 2 fully saturated rings. The van der Waals surface area contributed by atoms with Gasteiger partial charge in [0.2, 0.25) is 0 Å². The average molecular weight is 379 g/mol. The molecule has 2 aliphatic rings. The van der Waals surface area contributed by atoms with Gasteiger partial charge in [0.15, 0.2) is 17.5 Å². The summed E-state index contributed by atoms with van der Waals surface area (Å²) in [6.45, 7) is 2.33. The van der Waals surface area contributed by atoms with E-state index in [0.29, 0.717) is 5.56 Å². The van der Waals surface area contributed by atoms with Crippen molar-refractivity contribution in [3.63, 3.8) is 0 Å². The minimum absolute atomic E-state index is 0.387. The van der Waals surface area contributed by atoms with E-state index in [1.807, 2.05) is 6.08 Å². The van der Waals surface area contributed by atoms with E-state index in [9.17, 15) is 13.2 Å². The number of hydrogen-bond acceptors (Lipinski definition) is 0. The summed E-state index contributed by atoms with van der Waals surface area (Å²) in [5.41, 5.74) is 0.387. The van der Waals surface area contributed by atoms with Crippen LogP contribution in [0.15, 0.2) is 18.2 Å². The van der Waals surface area contributed by atoms with E-state index in [1.54, 1.807) is 6.08 Å². The van der Waals surface area contributed by atoms with Gasteiger partial charge in [-0.15, -0.1) is 0 Å². The first-order valence-corrected chi connectivity index (χ1v) is 10.9. The van der Waals surface area contributed by atoms with Crippen LogP contribution < -0.4 is 0 Å². The van der Waals surface area contributed by atoms with Gasteiger partial charge in [0.1, 0.15) is 0 Å². The summed E-state index contributed by atoms with van der Waals surface area (Å²) in [6.07, 6.45) is 18.2. The van der Waals surface area contributed by atoms with Crippen LogP contribution in [-0.4, -0.2) is 0 Å². The molecule has 0 bridgehead atoms. The van der Waals surface area contributed by atoms with E-state index in [-0.39, 0.29) is 0 Å². The van der Waals surface area contributed by atoms with E-state index in [2.05, 4.69) is 6.92 Å². The highest BCUT2D eigenvalue weighted by molar-refractivity contribution is 5.49. The lowest BCUT2D eigenvalue weighted by Crippen LogP contribution is -2.25. The fraction of sp³-hybridized carbons (Fsp3) is 0.667. The van der Waals surface area contributed by atoms with Crippen molar-refractivity contribution in [3.05, 3.63) is 41.2 Å². The molecular weight excluding hydrogens is 345 g/mol. The third-order valence-corrected chi connectivity index (χ3v) is 7.08. The zero-order valence-corrected chi connectivity index (χ0v) is 16.5. The molecule has 27 heavy (non-hydrogen) atoms. The summed E-state index contributed by atoms with van der Waals surface area (Å²) in [5, 5.41) is 0. The van der Waals surface area contributed by atoms with Crippen LogP contribution in [0.2, 0.25) is 0 Å². The van der Waals surface area contributed by atoms with Gasteiger partial charge < -0.3 is 0 Å². The summed E-state index contributed by atoms with van der Waals surface area (Å²) >= 11 is 0. The summed E-state index contributed by atoms with van der Waals surface area (Å²) in [7, 11) is 0. The molecule has 1 aromatic rings. The molecule has 0 amide bonds. The number of allylic oxidation sites excluding steroid dienone is 1. The second kappa shape index (κ2) is 9.80. The second-order valence-electron chi connectivity index (χ2n) is 8.75. The predicted octanol–water partition coefficient (Wildman–Crippen LogP) is 7.92. The molecule has 3 rings (SSSR count). The maximum absolute atomic E-state index is 13.2. The maximum atomic E-state index is 13.2. The minimum atomic E-state index is -1.40. The van der Waals surface area contributed by atoms with Gasteiger partial charge in [0, 0.05) is 0 Å². The van der Waals surface area contributed by atoms with E-state index >= 15 is 0 Å². The van der Waals surface area contributed by atoms with Crippen LogP contribution in [0.25, 0.3) is 6.08 Å². The Morgan fingerprint density at radius 1 is 0.815 bits per heavy atom. The van der Waals surface area contributed by atoms with Crippen molar-refractivity contribution in [3.8, 4) is 0 Å². The van der Waals surface area contributed by atoms with Gasteiger partial charge in [0.25, 0.3) is 0 Å². The molecule has 2 saturated carbocycles. The molecule has 0 spiro atoms. The SMILES string of the molecule is CCC1CCC(C2CCC(CC/C=C\c3cc(F)c(F)c(F)c3)CC2)CC1. The zero-order chi connectivity index (χ0) is 19.2. The van der Waals surface area contributed by atoms with Crippen LogP contribution in [0.4, 0.5) is 13.2 Å². The van der Waals surface area contributed by atoms with E-state index in [1.165, 1.54) is 57.8 Å². The first-order valence-electron chi connectivity index (χ1n) is 10.9. The molecule has 150 valence electrons. The van der Waals surface area contributed by atoms with Gasteiger partial charge in [-0.25, -0.2) is 13.2 Å². The standard InChI is InChI=1S/C24H33F3/c1-2-17-7-11-20(12-8-17)21-13-9-18(10-14-21)5-3-4-6-19-15-22(25)24(27)23(26)16-19/h4,6,15-18,20-21H,2-3,5,7-14H2,1H3/b6-4-. The van der Waals surface area contributed by atoms with Crippen molar-refractivity contribution < 1.29 is 13.2 Å². The number of benzene rings is 1. The van der Waals surface area contributed by atoms with Crippen LogP contribution in [0.5, 0.6) is 0 Å². The summed E-state index contributed by atoms with van der Waals surface area (Å²) < 4.78 is 39.4. The van der Waals surface area contributed by atoms with Crippen molar-refractivity contribution in [1.29, 1.82) is 0 Å². The van der Waals surface area contributed by atoms with Crippen molar-refractivity contribution in [2.24, 2.45) is 23.7 Å². The van der Waals surface area contributed by atoms with Gasteiger partial charge in [-0.1, -0.05) is 51.2 Å². The third-order valence-electron chi connectivity index (χ3n) is 7.08. The molecule has 2 aliphatic carbocycles. The van der Waals surface area contributed by atoms with Gasteiger partial charge >= 0.3 is 0 Å². The molecule has 1 aromatic carbocycles. The molecule has 0 N–H and O–H groups in total. The molecule has 0 saturated heterocycles. The fourth-order valence-corrected chi connectivity index (χ4v) is 5.24. The van der Waals surface area contributed by atoms with Crippen molar-refractivity contribution in [2.75, 3.05) is 0 Å². The molecule has 0 atom stereocenters. The molecule has 0 nitrogen and oxygen atoms in total. The van der Waals surface area contributed by atoms with Gasteiger partial charge in [-0.05, 0) is 79.9 Å². The number of halogens is 3. The maximum Gasteiger partial charge on any atom is 0.194 e. The van der Waals surface area contributed by atoms with Gasteiger partial charge in [0.05, 0.1) is 0 Å². The predicted molar refractivity (Wildman–Crippen MR) is 106 cm³/mol. The second-order valence-corrected chi connectivity index (χ2v) is 8.75. The lowest BCUT2D eigenvalue weighted by Gasteiger charge is -2.37. The zero-order valence-electron chi connectivity index (χ0n) is 16.5. The Morgan fingerprint density at radius 2 is 1.33 bits per heavy atom. The highest BCUT2D eigenvalue weighted by atomic mass is 19.2. The van der Waals surface area contributed by atoms with E-state index in [0.717, 1.165) is 48.6 Å². The Hall–Kier alpha value is -1.25. The van der Waals surface area contributed by atoms with E-state index in [4.69, 9.17) is 0 Å². The van der Waals surface area contributed by atoms with E-state index < -0.39 is 17.5 Å². The number of hydrogen-bond donors (Lipinski definition) is 0. The highest BCUT2D eigenvalue weighted by Crippen LogP contribution is 2.42. The molecule has 0 unspecified atom stereocenters. The van der Waals surface area contributed by atoms with Gasteiger partial charge in [-0.2, -0.15) is 0 Å². The first kappa shape index (κ1) is 20.5. The van der Waals surface area contributed by atoms with Crippen LogP contribution in [0.1, 0.15) is 83.1 Å². The Bertz CT molecular complexity index is 598. The Labute approximate surface area is 162 Å². The topological polar surface area (TPSA) is 0 Å². The normalized spacial score (nSPS) is 29.3. The van der Waals surface area contributed by atoms with Crippen LogP contribution in [0, 0.1) is 41.1 Å². The van der Waals surface area contributed by atoms with Crippen LogP contribution in [-0.2, 0) is 0 Å². The Balaban J connectivity index is 1.37. The summed E-state index contributed by atoms with van der Waals surface area (Å²) in [4.78, 5) is 0. The van der Waals surface area contributed by atoms with Crippen molar-refractivity contribution in [1.82, 2.24) is 0 Å². The monoisotopic (exact) mass is 378 g/mol. The average Bonchev–Trinajstić information content (AvgIpc) is 2.70. The largest absolute Gasteiger partial charge is 0.204 e. The smallest absolute Gasteiger partial charge is 0.194 e. The lowest BCUT2D eigenvalue weighted by molar-refractivity contribution is 0.143. The number of rotatable bonds is 6. The molecule has 3 heteroatoms. The molecule has 0 aromatic heterocycles. The summed E-state index contributed by atoms with van der Waals surface area (Å²) in [5.74, 6) is 0.0256. The lowest BCUT2D eigenvalue weighted by atomic mass is 9.68. The highest BCUT2D eigenvalue weighted by Gasteiger charge is 2.30.